The van der Waals surface area contributed by atoms with Gasteiger partial charge >= 0.3 is 5.97 Å². The fourth-order valence-corrected chi connectivity index (χ4v) is 0.715. The molecule has 0 aliphatic heterocycles. The highest BCUT2D eigenvalue weighted by atomic mass is 16.5. The molecule has 0 bridgehead atoms. The first-order chi connectivity index (χ1) is 6.81. The lowest BCUT2D eigenvalue weighted by atomic mass is 9.87. The van der Waals surface area contributed by atoms with Crippen LogP contribution in [0.1, 0.15) is 13.8 Å². The first-order valence-corrected chi connectivity index (χ1v) is 4.30. The number of hydrogen-bond acceptors (Lipinski definition) is 4. The molecule has 6 nitrogen and oxygen atoms in total. The van der Waals surface area contributed by atoms with E-state index < -0.39 is 23.4 Å². The lowest BCUT2D eigenvalue weighted by Crippen LogP contribution is -2.44. The van der Waals surface area contributed by atoms with Crippen molar-refractivity contribution in [2.75, 3.05) is 6.61 Å². The van der Waals surface area contributed by atoms with E-state index in [4.69, 9.17) is 10.2 Å². The van der Waals surface area contributed by atoms with Gasteiger partial charge in [-0.05, 0) is 0 Å². The Hall–Kier alpha value is -1.40. The summed E-state index contributed by atoms with van der Waals surface area (Å²) in [6.45, 7) is 2.67. The minimum absolute atomic E-state index is 0.357. The van der Waals surface area contributed by atoms with Gasteiger partial charge < -0.3 is 20.6 Å². The Balaban J connectivity index is 4.28. The first kappa shape index (κ1) is 13.6. The largest absolute Gasteiger partial charge is 0.478 e. The van der Waals surface area contributed by atoms with Gasteiger partial charge in [0.1, 0.15) is 6.10 Å². The summed E-state index contributed by atoms with van der Waals surface area (Å²) in [6, 6.07) is 0. The average molecular weight is 220 g/mol. The van der Waals surface area contributed by atoms with Crippen LogP contribution in [-0.2, 0) is 9.59 Å². The molecular formula is C9H15NO5. The summed E-state index contributed by atoms with van der Waals surface area (Å²) in [4.78, 5) is 21.3. The summed E-state index contributed by atoms with van der Waals surface area (Å²) in [6.07, 6.45) is 0.249. The molecule has 4 N–H and O–H groups in total. The zero-order valence-corrected chi connectivity index (χ0v) is 8.60. The molecule has 86 valence electrons. The molecule has 0 saturated carbocycles. The first-order valence-electron chi connectivity index (χ1n) is 4.30. The Morgan fingerprint density at radius 2 is 2.00 bits per heavy atom. The average Bonchev–Trinajstić information content (AvgIpc) is 2.15. The number of aliphatic hydroxyl groups excluding tert-OH is 2. The molecule has 6 heteroatoms. The summed E-state index contributed by atoms with van der Waals surface area (Å²) in [5.41, 5.74) is -0.971. The van der Waals surface area contributed by atoms with Gasteiger partial charge in [-0.2, -0.15) is 0 Å². The van der Waals surface area contributed by atoms with Crippen LogP contribution >= 0.6 is 0 Å². The third-order valence-electron chi connectivity index (χ3n) is 1.85. The van der Waals surface area contributed by atoms with E-state index in [2.05, 4.69) is 5.32 Å². The molecule has 0 unspecified atom stereocenters. The minimum atomic E-state index is -1.40. The van der Waals surface area contributed by atoms with Crippen LogP contribution in [0.3, 0.4) is 0 Å². The van der Waals surface area contributed by atoms with Crippen LogP contribution in [0, 0.1) is 5.41 Å². The Kier molecular flexibility index (Phi) is 4.96. The number of amides is 1. The van der Waals surface area contributed by atoms with Gasteiger partial charge in [-0.3, -0.25) is 4.79 Å². The molecule has 1 amide bonds. The summed E-state index contributed by atoms with van der Waals surface area (Å²) < 4.78 is 0. The molecule has 0 aromatic heterocycles. The maximum absolute atomic E-state index is 11.2. The molecule has 0 aliphatic carbocycles. The molecule has 0 aromatic carbocycles. The van der Waals surface area contributed by atoms with Crippen LogP contribution < -0.4 is 5.32 Å². The van der Waals surface area contributed by atoms with Crippen molar-refractivity contribution in [3.63, 3.8) is 0 Å². The molecule has 1 atom stereocenters. The number of rotatable bonds is 5. The lowest BCUT2D eigenvalue weighted by Gasteiger charge is -2.26. The van der Waals surface area contributed by atoms with Crippen molar-refractivity contribution in [2.24, 2.45) is 5.41 Å². The van der Waals surface area contributed by atoms with Crippen molar-refractivity contribution < 1.29 is 24.9 Å². The van der Waals surface area contributed by atoms with Gasteiger partial charge in [0.15, 0.2) is 0 Å². The quantitative estimate of drug-likeness (QED) is 0.354. The fraction of sp³-hybridized carbons (Fsp3) is 0.556. The van der Waals surface area contributed by atoms with Crippen molar-refractivity contribution in [2.45, 2.75) is 20.0 Å². The predicted molar refractivity (Wildman–Crippen MR) is 51.8 cm³/mol. The van der Waals surface area contributed by atoms with Crippen LogP contribution in [0.25, 0.3) is 0 Å². The second-order valence-electron chi connectivity index (χ2n) is 3.73. The van der Waals surface area contributed by atoms with Gasteiger partial charge in [0.05, 0.1) is 6.61 Å². The van der Waals surface area contributed by atoms with Crippen LogP contribution in [0.15, 0.2) is 12.3 Å². The highest BCUT2D eigenvalue weighted by Crippen LogP contribution is 2.19. The number of hydrogen-bond donors (Lipinski definition) is 4. The highest BCUT2D eigenvalue weighted by molar-refractivity contribution is 5.84. The highest BCUT2D eigenvalue weighted by Gasteiger charge is 2.32. The normalized spacial score (nSPS) is 13.9. The van der Waals surface area contributed by atoms with Crippen molar-refractivity contribution in [3.05, 3.63) is 12.3 Å². The molecule has 0 spiro atoms. The maximum Gasteiger partial charge on any atom is 0.329 e. The van der Waals surface area contributed by atoms with E-state index >= 15 is 0 Å². The number of carbonyl (C=O) groups excluding carboxylic acids is 1. The number of carbonyl (C=O) groups is 2. The van der Waals surface area contributed by atoms with Gasteiger partial charge in [0.2, 0.25) is 0 Å². The molecule has 0 fully saturated rings. The van der Waals surface area contributed by atoms with Crippen LogP contribution in [0.2, 0.25) is 0 Å². The third-order valence-corrected chi connectivity index (χ3v) is 1.85. The zero-order chi connectivity index (χ0) is 12.1. The molecule has 0 rings (SSSR count). The summed E-state index contributed by atoms with van der Waals surface area (Å²) in [7, 11) is 0. The SMILES string of the molecule is CC(C)(CO)[C@@H](O)C(=O)N/[13CH]=[13CH]/[13C](=O)O. The number of aliphatic carboxylic acids is 1. The number of carboxylic acids is 1. The van der Waals surface area contributed by atoms with Gasteiger partial charge in [-0.1, -0.05) is 13.8 Å². The monoisotopic (exact) mass is 220 g/mol. The van der Waals surface area contributed by atoms with E-state index in [1.807, 2.05) is 0 Å². The molecule has 15 heavy (non-hydrogen) atoms. The van der Waals surface area contributed by atoms with Crippen LogP contribution in [0.4, 0.5) is 0 Å². The number of aliphatic hydroxyl groups is 2. The van der Waals surface area contributed by atoms with Gasteiger partial charge in [-0.25, -0.2) is 4.79 Å². The Bertz CT molecular complexity index is 272. The molecule has 0 heterocycles. The second kappa shape index (κ2) is 5.47. The maximum atomic E-state index is 11.2. The Morgan fingerprint density at radius 1 is 1.47 bits per heavy atom. The minimum Gasteiger partial charge on any atom is -0.478 e. The van der Waals surface area contributed by atoms with E-state index in [-0.39, 0.29) is 6.61 Å². The Morgan fingerprint density at radius 3 is 2.40 bits per heavy atom. The molecule has 0 radical (unpaired) electrons. The molecular weight excluding hydrogens is 205 g/mol. The lowest BCUT2D eigenvalue weighted by molar-refractivity contribution is -0.136. The van der Waals surface area contributed by atoms with Crippen molar-refractivity contribution in [1.29, 1.82) is 0 Å². The van der Waals surface area contributed by atoms with Gasteiger partial charge in [-0.15, -0.1) is 0 Å². The topological polar surface area (TPSA) is 107 Å². The number of carboxylic acid groups (broad SMARTS) is 1. The summed E-state index contributed by atoms with van der Waals surface area (Å²) in [5.74, 6) is -1.96. The third kappa shape index (κ3) is 4.57. The van der Waals surface area contributed by atoms with Crippen LogP contribution in [0.5, 0.6) is 0 Å². The summed E-state index contributed by atoms with van der Waals surface area (Å²) >= 11 is 0. The van der Waals surface area contributed by atoms with E-state index in [9.17, 15) is 14.7 Å². The smallest absolute Gasteiger partial charge is 0.329 e. The Labute approximate surface area is 87.2 Å². The number of nitrogens with one attached hydrogen (secondary N) is 1. The molecule has 0 saturated heterocycles. The van der Waals surface area contributed by atoms with Crippen molar-refractivity contribution >= 4 is 11.9 Å². The summed E-state index contributed by atoms with van der Waals surface area (Å²) in [5, 5.41) is 28.7. The zero-order valence-electron chi connectivity index (χ0n) is 8.60. The van der Waals surface area contributed by atoms with E-state index in [0.717, 1.165) is 12.3 Å². The van der Waals surface area contributed by atoms with E-state index in [1.165, 1.54) is 13.8 Å². The van der Waals surface area contributed by atoms with Gasteiger partial charge in [0, 0.05) is 17.7 Å². The van der Waals surface area contributed by atoms with E-state index in [1.54, 1.807) is 0 Å². The standard InChI is InChI=1S/C9H15NO5/c1-9(2,5-11)7(14)8(15)10-4-3-6(12)13/h3-4,7,11,14H,5H2,1-2H3,(H,10,15)(H,12,13)/b4-3+/t7-/m0/s1/i3+1,4+1,6+1. The predicted octanol–water partition coefficient (Wildman–Crippen LogP) is -0.920. The molecule has 0 aromatic rings. The van der Waals surface area contributed by atoms with Crippen molar-refractivity contribution in [3.8, 4) is 0 Å². The van der Waals surface area contributed by atoms with Crippen molar-refractivity contribution in [1.82, 2.24) is 5.32 Å². The van der Waals surface area contributed by atoms with E-state index in [0.29, 0.717) is 0 Å². The van der Waals surface area contributed by atoms with Gasteiger partial charge in [0.25, 0.3) is 5.91 Å². The fourth-order valence-electron chi connectivity index (χ4n) is 0.715. The van der Waals surface area contributed by atoms with Crippen LogP contribution in [-0.4, -0.2) is 39.9 Å². The second-order valence-corrected chi connectivity index (χ2v) is 3.73. The molecule has 0 aliphatic rings.